The Balaban J connectivity index is 2.36. The minimum absolute atomic E-state index is 0.0669. The third-order valence-electron chi connectivity index (χ3n) is 3.54. The van der Waals surface area contributed by atoms with E-state index in [2.05, 4.69) is 10.6 Å². The number of carbonyl (C=O) groups is 3. The Morgan fingerprint density at radius 2 is 1.89 bits per heavy atom. The van der Waals surface area contributed by atoms with Crippen LogP contribution < -0.4 is 10.6 Å². The van der Waals surface area contributed by atoms with Crippen molar-refractivity contribution in [3.8, 4) is 0 Å². The van der Waals surface area contributed by atoms with Crippen molar-refractivity contribution in [3.63, 3.8) is 0 Å². The quantitative estimate of drug-likeness (QED) is 0.647. The molecule has 0 aromatic rings. The van der Waals surface area contributed by atoms with Crippen molar-refractivity contribution in [1.29, 1.82) is 0 Å². The van der Waals surface area contributed by atoms with Gasteiger partial charge in [0.15, 0.2) is 0 Å². The van der Waals surface area contributed by atoms with E-state index in [0.29, 0.717) is 19.6 Å². The van der Waals surface area contributed by atoms with E-state index in [9.17, 15) is 14.4 Å². The highest BCUT2D eigenvalue weighted by atomic mass is 16.4. The first-order valence-electron chi connectivity index (χ1n) is 6.42. The van der Waals surface area contributed by atoms with Crippen LogP contribution in [0.1, 0.15) is 20.8 Å². The molecular formula is C12H21N3O4. The first-order valence-corrected chi connectivity index (χ1v) is 6.42. The van der Waals surface area contributed by atoms with Gasteiger partial charge in [-0.25, -0.2) is 4.79 Å². The maximum Gasteiger partial charge on any atom is 0.321 e. The third kappa shape index (κ3) is 3.92. The fraction of sp³-hybridized carbons (Fsp3) is 0.750. The SMILES string of the molecule is CCNC(=O)NC(=O)C(C)N1CC(C(C)C(=O)O)C1. The Kier molecular flexibility index (Phi) is 5.29. The molecule has 1 aliphatic heterocycles. The number of nitrogens with one attached hydrogen (secondary N) is 2. The van der Waals surface area contributed by atoms with Crippen molar-refractivity contribution in [2.24, 2.45) is 11.8 Å². The Hall–Kier alpha value is -1.63. The van der Waals surface area contributed by atoms with E-state index in [4.69, 9.17) is 5.11 Å². The van der Waals surface area contributed by atoms with Crippen molar-refractivity contribution < 1.29 is 19.5 Å². The van der Waals surface area contributed by atoms with Gasteiger partial charge in [0.1, 0.15) is 0 Å². The summed E-state index contributed by atoms with van der Waals surface area (Å²) < 4.78 is 0. The zero-order chi connectivity index (χ0) is 14.6. The molecule has 7 heteroatoms. The molecule has 19 heavy (non-hydrogen) atoms. The van der Waals surface area contributed by atoms with Gasteiger partial charge in [-0.3, -0.25) is 19.8 Å². The Morgan fingerprint density at radius 1 is 1.32 bits per heavy atom. The van der Waals surface area contributed by atoms with Gasteiger partial charge >= 0.3 is 12.0 Å². The number of hydrogen-bond acceptors (Lipinski definition) is 4. The highest BCUT2D eigenvalue weighted by Crippen LogP contribution is 2.25. The Labute approximate surface area is 112 Å². The van der Waals surface area contributed by atoms with Gasteiger partial charge in [-0.2, -0.15) is 0 Å². The molecule has 1 fully saturated rings. The summed E-state index contributed by atoms with van der Waals surface area (Å²) in [5.74, 6) is -1.52. The van der Waals surface area contributed by atoms with E-state index in [0.717, 1.165) is 0 Å². The second-order valence-electron chi connectivity index (χ2n) is 4.87. The number of urea groups is 1. The predicted octanol–water partition coefficient (Wildman–Crippen LogP) is -0.127. The van der Waals surface area contributed by atoms with Crippen molar-refractivity contribution in [2.75, 3.05) is 19.6 Å². The molecular weight excluding hydrogens is 250 g/mol. The lowest BCUT2D eigenvalue weighted by Crippen LogP contribution is -2.59. The number of hydrogen-bond donors (Lipinski definition) is 3. The van der Waals surface area contributed by atoms with Gasteiger partial charge in [0.25, 0.3) is 0 Å². The van der Waals surface area contributed by atoms with Crippen LogP contribution in [0.15, 0.2) is 0 Å². The normalized spacial score (nSPS) is 19.1. The van der Waals surface area contributed by atoms with Gasteiger partial charge in [-0.15, -0.1) is 0 Å². The largest absolute Gasteiger partial charge is 0.481 e. The van der Waals surface area contributed by atoms with Crippen molar-refractivity contribution >= 4 is 17.9 Å². The summed E-state index contributed by atoms with van der Waals surface area (Å²) in [6.45, 7) is 6.73. The number of imide groups is 1. The lowest BCUT2D eigenvalue weighted by molar-refractivity contribution is -0.146. The van der Waals surface area contributed by atoms with Crippen molar-refractivity contribution in [2.45, 2.75) is 26.8 Å². The molecule has 1 aliphatic rings. The molecule has 1 heterocycles. The summed E-state index contributed by atoms with van der Waals surface area (Å²) in [5.41, 5.74) is 0. The minimum Gasteiger partial charge on any atom is -0.481 e. The Bertz CT molecular complexity index is 366. The molecule has 3 N–H and O–H groups in total. The van der Waals surface area contributed by atoms with Crippen LogP contribution in [0.2, 0.25) is 0 Å². The number of carbonyl (C=O) groups excluding carboxylic acids is 2. The minimum atomic E-state index is -0.816. The number of nitrogens with zero attached hydrogens (tertiary/aromatic N) is 1. The zero-order valence-corrected chi connectivity index (χ0v) is 11.5. The van der Waals surface area contributed by atoms with Crippen molar-refractivity contribution in [3.05, 3.63) is 0 Å². The standard InChI is InChI=1S/C12H21N3O4/c1-4-13-12(19)14-10(16)8(3)15-5-9(6-15)7(2)11(17)18/h7-9H,4-6H2,1-3H3,(H,17,18)(H2,13,14,16,19). The number of rotatable bonds is 5. The number of likely N-dealkylation sites (tertiary alicyclic amines) is 1. The molecule has 0 spiro atoms. The second kappa shape index (κ2) is 6.51. The second-order valence-corrected chi connectivity index (χ2v) is 4.87. The lowest BCUT2D eigenvalue weighted by Gasteiger charge is -2.44. The number of carboxylic acid groups (broad SMARTS) is 1. The van der Waals surface area contributed by atoms with Crippen LogP contribution in [0.4, 0.5) is 4.79 Å². The topological polar surface area (TPSA) is 98.7 Å². The van der Waals surface area contributed by atoms with Crippen LogP contribution >= 0.6 is 0 Å². The number of amides is 3. The van der Waals surface area contributed by atoms with Crippen molar-refractivity contribution in [1.82, 2.24) is 15.5 Å². The molecule has 0 aromatic carbocycles. The molecule has 108 valence electrons. The molecule has 2 atom stereocenters. The fourth-order valence-corrected chi connectivity index (χ4v) is 1.97. The van der Waals surface area contributed by atoms with Crippen LogP contribution in [0.3, 0.4) is 0 Å². The highest BCUT2D eigenvalue weighted by Gasteiger charge is 2.38. The summed E-state index contributed by atoms with van der Waals surface area (Å²) in [7, 11) is 0. The zero-order valence-electron chi connectivity index (χ0n) is 11.5. The van der Waals surface area contributed by atoms with Gasteiger partial charge in [-0.05, 0) is 19.8 Å². The maximum atomic E-state index is 11.7. The third-order valence-corrected chi connectivity index (χ3v) is 3.54. The molecule has 0 aromatic heterocycles. The van der Waals surface area contributed by atoms with Crippen LogP contribution in [0.25, 0.3) is 0 Å². The van der Waals surface area contributed by atoms with Gasteiger partial charge in [-0.1, -0.05) is 6.92 Å². The van der Waals surface area contributed by atoms with E-state index in [1.165, 1.54) is 0 Å². The Morgan fingerprint density at radius 3 is 2.37 bits per heavy atom. The first kappa shape index (κ1) is 15.4. The average Bonchev–Trinajstić information content (AvgIpc) is 2.26. The predicted molar refractivity (Wildman–Crippen MR) is 68.5 cm³/mol. The van der Waals surface area contributed by atoms with Crippen LogP contribution in [-0.4, -0.2) is 53.6 Å². The summed E-state index contributed by atoms with van der Waals surface area (Å²) in [6.07, 6.45) is 0. The van der Waals surface area contributed by atoms with Gasteiger partial charge < -0.3 is 10.4 Å². The van der Waals surface area contributed by atoms with Crippen LogP contribution in [-0.2, 0) is 9.59 Å². The molecule has 0 saturated carbocycles. The lowest BCUT2D eigenvalue weighted by atomic mass is 9.86. The van der Waals surface area contributed by atoms with Crippen LogP contribution in [0.5, 0.6) is 0 Å². The molecule has 7 nitrogen and oxygen atoms in total. The van der Waals surface area contributed by atoms with E-state index in [1.54, 1.807) is 20.8 Å². The van der Waals surface area contributed by atoms with E-state index < -0.39 is 24.0 Å². The molecule has 1 saturated heterocycles. The summed E-state index contributed by atoms with van der Waals surface area (Å²) in [5, 5.41) is 13.6. The first-order chi connectivity index (χ1) is 8.86. The fourth-order valence-electron chi connectivity index (χ4n) is 1.97. The van der Waals surface area contributed by atoms with E-state index in [1.807, 2.05) is 4.90 Å². The molecule has 3 amide bonds. The van der Waals surface area contributed by atoms with Gasteiger partial charge in [0, 0.05) is 19.6 Å². The molecule has 0 aliphatic carbocycles. The summed E-state index contributed by atoms with van der Waals surface area (Å²) >= 11 is 0. The average molecular weight is 271 g/mol. The highest BCUT2D eigenvalue weighted by molar-refractivity contribution is 5.96. The van der Waals surface area contributed by atoms with Gasteiger partial charge in [0.05, 0.1) is 12.0 Å². The number of carboxylic acids is 1. The molecule has 1 rings (SSSR count). The molecule has 0 bridgehead atoms. The van der Waals surface area contributed by atoms with Crippen LogP contribution in [0, 0.1) is 11.8 Å². The smallest absolute Gasteiger partial charge is 0.321 e. The number of aliphatic carboxylic acids is 1. The summed E-state index contributed by atoms with van der Waals surface area (Å²) in [4.78, 5) is 35.6. The molecule has 2 unspecified atom stereocenters. The maximum absolute atomic E-state index is 11.7. The molecule has 0 radical (unpaired) electrons. The monoisotopic (exact) mass is 271 g/mol. The van der Waals surface area contributed by atoms with E-state index >= 15 is 0 Å². The summed E-state index contributed by atoms with van der Waals surface area (Å²) in [6, 6.07) is -0.935. The van der Waals surface area contributed by atoms with E-state index in [-0.39, 0.29) is 11.8 Å². The van der Waals surface area contributed by atoms with Gasteiger partial charge in [0.2, 0.25) is 5.91 Å².